The van der Waals surface area contributed by atoms with Crippen LogP contribution in [-0.4, -0.2) is 25.0 Å². The van der Waals surface area contributed by atoms with Gasteiger partial charge in [-0.1, -0.05) is 12.1 Å². The number of fused-ring (bicyclic) bond motifs is 5. The van der Waals surface area contributed by atoms with Crippen LogP contribution in [0.5, 0.6) is 0 Å². The standard InChI is InChI=1S/C22H15N5O3S2/c1-25-21(29)17-19(24-22(25)30)23-20-18-15(7-9-32-18)27(16(28)10-26(17)20)14-4-2-12(3-5-14)13-6-8-31-11-13/h2-9,11H,10H2,1H3,(H,24,30). The van der Waals surface area contributed by atoms with Gasteiger partial charge in [0.2, 0.25) is 0 Å². The molecule has 1 N–H and O–H groups in total. The van der Waals surface area contributed by atoms with Gasteiger partial charge in [-0.3, -0.25) is 24.0 Å². The first kappa shape index (κ1) is 19.0. The molecule has 5 heterocycles. The van der Waals surface area contributed by atoms with E-state index in [1.165, 1.54) is 18.4 Å². The Bertz CT molecular complexity index is 1620. The Morgan fingerprint density at radius 3 is 2.56 bits per heavy atom. The van der Waals surface area contributed by atoms with Gasteiger partial charge in [0.15, 0.2) is 17.0 Å². The van der Waals surface area contributed by atoms with Crippen molar-refractivity contribution in [3.8, 4) is 21.8 Å². The summed E-state index contributed by atoms with van der Waals surface area (Å²) >= 11 is 3.07. The fourth-order valence-electron chi connectivity index (χ4n) is 4.02. The largest absolute Gasteiger partial charge is 0.329 e. The molecule has 0 atom stereocenters. The number of benzene rings is 1. The summed E-state index contributed by atoms with van der Waals surface area (Å²) in [6, 6.07) is 11.8. The summed E-state index contributed by atoms with van der Waals surface area (Å²) in [5.74, 6) is 0.300. The van der Waals surface area contributed by atoms with Crippen molar-refractivity contribution in [2.75, 3.05) is 4.90 Å². The molecule has 0 radical (unpaired) electrons. The normalized spacial score (nSPS) is 13.3. The molecule has 0 spiro atoms. The Hall–Kier alpha value is -3.76. The van der Waals surface area contributed by atoms with Crippen molar-refractivity contribution in [3.05, 3.63) is 73.4 Å². The van der Waals surface area contributed by atoms with Crippen molar-refractivity contribution in [2.24, 2.45) is 7.05 Å². The molecule has 0 aliphatic carbocycles. The van der Waals surface area contributed by atoms with E-state index < -0.39 is 11.2 Å². The SMILES string of the molecule is Cn1c(=O)[nH]c2nc3n(c2c1=O)CC(=O)N(c1ccc(-c2ccsc2)cc1)c1ccsc1-3. The molecule has 0 bridgehead atoms. The van der Waals surface area contributed by atoms with E-state index in [0.29, 0.717) is 11.5 Å². The molecule has 0 saturated carbocycles. The number of hydrogen-bond donors (Lipinski definition) is 1. The summed E-state index contributed by atoms with van der Waals surface area (Å²) in [4.78, 5) is 47.9. The number of nitrogens with zero attached hydrogens (tertiary/aromatic N) is 4. The summed E-state index contributed by atoms with van der Waals surface area (Å²) in [6.45, 7) is -0.0687. The van der Waals surface area contributed by atoms with Crippen molar-refractivity contribution in [3.63, 3.8) is 0 Å². The number of hydrogen-bond acceptors (Lipinski definition) is 6. The smallest absolute Gasteiger partial charge is 0.308 e. The first-order chi connectivity index (χ1) is 15.5. The van der Waals surface area contributed by atoms with Crippen molar-refractivity contribution >= 4 is 51.1 Å². The molecular formula is C22H15N5O3S2. The van der Waals surface area contributed by atoms with Gasteiger partial charge in [0.05, 0.1) is 10.6 Å². The minimum absolute atomic E-state index is 0.0687. The third kappa shape index (κ3) is 2.66. The summed E-state index contributed by atoms with van der Waals surface area (Å²) in [5.41, 5.74) is 3.04. The zero-order valence-corrected chi connectivity index (χ0v) is 18.4. The quantitative estimate of drug-likeness (QED) is 0.435. The molecule has 1 aliphatic rings. The van der Waals surface area contributed by atoms with E-state index in [2.05, 4.69) is 21.4 Å². The highest BCUT2D eigenvalue weighted by Crippen LogP contribution is 2.42. The van der Waals surface area contributed by atoms with E-state index >= 15 is 0 Å². The van der Waals surface area contributed by atoms with Crippen molar-refractivity contribution in [2.45, 2.75) is 6.54 Å². The molecule has 8 nitrogen and oxygen atoms in total. The van der Waals surface area contributed by atoms with Gasteiger partial charge in [0.1, 0.15) is 6.54 Å². The third-order valence-electron chi connectivity index (χ3n) is 5.62. The number of aromatic nitrogens is 4. The van der Waals surface area contributed by atoms with Crippen LogP contribution in [0.2, 0.25) is 0 Å². The zero-order chi connectivity index (χ0) is 22.0. The molecule has 158 valence electrons. The predicted molar refractivity (Wildman–Crippen MR) is 126 cm³/mol. The number of H-pyrrole nitrogens is 1. The second kappa shape index (κ2) is 6.87. The van der Waals surface area contributed by atoms with E-state index in [-0.39, 0.29) is 23.6 Å². The second-order valence-corrected chi connectivity index (χ2v) is 9.13. The number of nitrogens with one attached hydrogen (secondary N) is 1. The van der Waals surface area contributed by atoms with Crippen LogP contribution in [0.25, 0.3) is 33.0 Å². The van der Waals surface area contributed by atoms with Gasteiger partial charge in [-0.25, -0.2) is 9.78 Å². The minimum Gasteiger partial charge on any atom is -0.308 e. The minimum atomic E-state index is -0.541. The van der Waals surface area contributed by atoms with Crippen molar-refractivity contribution in [1.82, 2.24) is 19.1 Å². The lowest BCUT2D eigenvalue weighted by Gasteiger charge is -2.21. The van der Waals surface area contributed by atoms with Crippen molar-refractivity contribution in [1.29, 1.82) is 0 Å². The summed E-state index contributed by atoms with van der Waals surface area (Å²) in [7, 11) is 1.40. The Morgan fingerprint density at radius 1 is 1.00 bits per heavy atom. The maximum atomic E-state index is 13.5. The predicted octanol–water partition coefficient (Wildman–Crippen LogP) is 3.56. The van der Waals surface area contributed by atoms with Gasteiger partial charge in [-0.2, -0.15) is 11.3 Å². The van der Waals surface area contributed by atoms with Gasteiger partial charge >= 0.3 is 5.69 Å². The fourth-order valence-corrected chi connectivity index (χ4v) is 5.56. The van der Waals surface area contributed by atoms with Crippen LogP contribution in [0.4, 0.5) is 11.4 Å². The van der Waals surface area contributed by atoms with Gasteiger partial charge in [0.25, 0.3) is 11.5 Å². The molecule has 10 heteroatoms. The van der Waals surface area contributed by atoms with Crippen LogP contribution >= 0.6 is 22.7 Å². The number of rotatable bonds is 2. The van der Waals surface area contributed by atoms with Crippen LogP contribution in [-0.2, 0) is 18.4 Å². The highest BCUT2D eigenvalue weighted by atomic mass is 32.1. The average Bonchev–Trinajstić information content (AvgIpc) is 3.53. The molecule has 32 heavy (non-hydrogen) atoms. The molecule has 4 aromatic heterocycles. The highest BCUT2D eigenvalue weighted by Gasteiger charge is 2.31. The molecule has 1 aromatic carbocycles. The van der Waals surface area contributed by atoms with Gasteiger partial charge in [-0.05, 0) is 51.5 Å². The topological polar surface area (TPSA) is 93.0 Å². The summed E-state index contributed by atoms with van der Waals surface area (Å²) in [6.07, 6.45) is 0. The van der Waals surface area contributed by atoms with Crippen LogP contribution < -0.4 is 16.1 Å². The van der Waals surface area contributed by atoms with Crippen LogP contribution in [0, 0.1) is 0 Å². The highest BCUT2D eigenvalue weighted by molar-refractivity contribution is 7.14. The number of aromatic amines is 1. The fraction of sp³-hybridized carbons (Fsp3) is 0.0909. The lowest BCUT2D eigenvalue weighted by atomic mass is 10.1. The number of anilines is 2. The van der Waals surface area contributed by atoms with E-state index in [9.17, 15) is 14.4 Å². The van der Waals surface area contributed by atoms with Gasteiger partial charge < -0.3 is 4.57 Å². The van der Waals surface area contributed by atoms with E-state index in [1.54, 1.807) is 20.8 Å². The Balaban J connectivity index is 1.52. The number of thiophene rings is 2. The third-order valence-corrected chi connectivity index (χ3v) is 7.20. The Labute approximate surface area is 188 Å². The molecular weight excluding hydrogens is 446 g/mol. The molecule has 0 saturated heterocycles. The molecule has 6 rings (SSSR count). The van der Waals surface area contributed by atoms with E-state index in [0.717, 1.165) is 26.3 Å². The number of amides is 1. The molecule has 5 aromatic rings. The van der Waals surface area contributed by atoms with E-state index in [1.807, 2.05) is 41.1 Å². The molecule has 0 unspecified atom stereocenters. The lowest BCUT2D eigenvalue weighted by Crippen LogP contribution is -2.34. The van der Waals surface area contributed by atoms with Crippen LogP contribution in [0.15, 0.2) is 62.1 Å². The van der Waals surface area contributed by atoms with Crippen LogP contribution in [0.3, 0.4) is 0 Å². The maximum absolute atomic E-state index is 13.5. The Kier molecular flexibility index (Phi) is 4.07. The van der Waals surface area contributed by atoms with Crippen molar-refractivity contribution < 1.29 is 4.79 Å². The zero-order valence-electron chi connectivity index (χ0n) is 16.7. The average molecular weight is 462 g/mol. The number of imidazole rings is 1. The Morgan fingerprint density at radius 2 is 1.81 bits per heavy atom. The molecule has 1 aliphatic heterocycles. The lowest BCUT2D eigenvalue weighted by molar-refractivity contribution is -0.118. The van der Waals surface area contributed by atoms with E-state index in [4.69, 9.17) is 0 Å². The molecule has 1 amide bonds. The van der Waals surface area contributed by atoms with Gasteiger partial charge in [-0.15, -0.1) is 11.3 Å². The second-order valence-electron chi connectivity index (χ2n) is 7.44. The first-order valence-electron chi connectivity index (χ1n) is 9.76. The number of carbonyl (C=O) groups excluding carboxylic acids is 1. The van der Waals surface area contributed by atoms with Gasteiger partial charge in [0, 0.05) is 12.7 Å². The van der Waals surface area contributed by atoms with Crippen LogP contribution in [0.1, 0.15) is 0 Å². The molecule has 0 fully saturated rings. The first-order valence-corrected chi connectivity index (χ1v) is 11.6. The number of carbonyl (C=O) groups is 1. The summed E-state index contributed by atoms with van der Waals surface area (Å²) in [5, 5.41) is 6.00. The monoisotopic (exact) mass is 461 g/mol. The summed E-state index contributed by atoms with van der Waals surface area (Å²) < 4.78 is 2.59. The maximum Gasteiger partial charge on any atom is 0.329 e.